The van der Waals surface area contributed by atoms with E-state index in [1.807, 2.05) is 30.3 Å². The van der Waals surface area contributed by atoms with Crippen LogP contribution in [0.2, 0.25) is 5.02 Å². The van der Waals surface area contributed by atoms with Crippen molar-refractivity contribution in [3.8, 4) is 0 Å². The Morgan fingerprint density at radius 1 is 1.24 bits per heavy atom. The minimum atomic E-state index is 0.640. The highest BCUT2D eigenvalue weighted by Crippen LogP contribution is 2.20. The van der Waals surface area contributed by atoms with Crippen molar-refractivity contribution >= 4 is 11.6 Å². The lowest BCUT2D eigenvalue weighted by molar-refractivity contribution is 0.551. The number of hydrogen-bond acceptors (Lipinski definition) is 3. The summed E-state index contributed by atoms with van der Waals surface area (Å²) in [6.07, 6.45) is 2.08. The van der Waals surface area contributed by atoms with Gasteiger partial charge < -0.3 is 5.32 Å². The summed E-state index contributed by atoms with van der Waals surface area (Å²) in [5.74, 6) is 0.650. The van der Waals surface area contributed by atoms with Crippen LogP contribution in [0.15, 0.2) is 6.20 Å². The van der Waals surface area contributed by atoms with Gasteiger partial charge in [-0.05, 0) is 26.3 Å². The predicted octanol–water partition coefficient (Wildman–Crippen LogP) is 2.68. The van der Waals surface area contributed by atoms with Gasteiger partial charge in [0.2, 0.25) is 0 Å². The Bertz CT molecular complexity index is 612. The van der Waals surface area contributed by atoms with Crippen LogP contribution in [0, 0.1) is 19.8 Å². The molecule has 0 fully saturated rings. The van der Waals surface area contributed by atoms with Crippen molar-refractivity contribution in [2.75, 3.05) is 6.54 Å². The summed E-state index contributed by atoms with van der Waals surface area (Å²) < 4.78 is 3.76. The number of nitrogens with zero attached hydrogens (tertiary/aromatic N) is 4. The Labute approximate surface area is 131 Å². The van der Waals surface area contributed by atoms with Crippen LogP contribution in [-0.2, 0) is 20.1 Å². The van der Waals surface area contributed by atoms with Crippen molar-refractivity contribution in [3.63, 3.8) is 0 Å². The monoisotopic (exact) mass is 309 g/mol. The molecule has 2 aromatic rings. The van der Waals surface area contributed by atoms with Gasteiger partial charge >= 0.3 is 0 Å². The molecule has 0 unspecified atom stereocenters. The molecule has 116 valence electrons. The molecule has 1 N–H and O–H groups in total. The minimum absolute atomic E-state index is 0.640. The number of rotatable bonds is 6. The van der Waals surface area contributed by atoms with Gasteiger partial charge in [0.1, 0.15) is 0 Å². The zero-order valence-corrected chi connectivity index (χ0v) is 14.2. The molecule has 0 aliphatic rings. The maximum absolute atomic E-state index is 6.29. The number of nitrogens with one attached hydrogen (secondary N) is 1. The van der Waals surface area contributed by atoms with E-state index in [9.17, 15) is 0 Å². The molecule has 0 radical (unpaired) electrons. The fourth-order valence-electron chi connectivity index (χ4n) is 2.31. The van der Waals surface area contributed by atoms with E-state index in [1.54, 1.807) is 0 Å². The van der Waals surface area contributed by atoms with Crippen LogP contribution in [-0.4, -0.2) is 26.1 Å². The van der Waals surface area contributed by atoms with E-state index in [4.69, 9.17) is 11.6 Å². The first-order chi connectivity index (χ1) is 9.88. The fourth-order valence-corrected chi connectivity index (χ4v) is 2.53. The van der Waals surface area contributed by atoms with E-state index < -0.39 is 0 Å². The Balaban J connectivity index is 2.08. The Hall–Kier alpha value is -1.33. The fraction of sp³-hybridized carbons (Fsp3) is 0.600. The second kappa shape index (κ2) is 6.62. The maximum Gasteiger partial charge on any atom is 0.0866 e. The molecule has 0 atom stereocenters. The largest absolute Gasteiger partial charge is 0.312 e. The molecule has 0 bridgehead atoms. The highest BCUT2D eigenvalue weighted by Gasteiger charge is 2.13. The van der Waals surface area contributed by atoms with Crippen LogP contribution in [0.5, 0.6) is 0 Å². The third-order valence-electron chi connectivity index (χ3n) is 3.49. The average molecular weight is 310 g/mol. The smallest absolute Gasteiger partial charge is 0.0866 e. The van der Waals surface area contributed by atoms with Gasteiger partial charge in [-0.1, -0.05) is 25.4 Å². The normalized spacial score (nSPS) is 11.6. The van der Waals surface area contributed by atoms with Gasteiger partial charge in [-0.25, -0.2) is 0 Å². The standard InChI is InChI=1S/C15H24ClN5/c1-10(2)6-17-7-13-8-21(19-11(13)3)9-14-15(16)12(4)18-20(14)5/h8,10,17H,6-7,9H2,1-5H3. The summed E-state index contributed by atoms with van der Waals surface area (Å²) in [6.45, 7) is 10.9. The summed E-state index contributed by atoms with van der Waals surface area (Å²) in [5.41, 5.74) is 4.13. The summed E-state index contributed by atoms with van der Waals surface area (Å²) in [4.78, 5) is 0. The molecule has 2 aromatic heterocycles. The molecule has 0 saturated carbocycles. The molecule has 5 nitrogen and oxygen atoms in total. The number of aromatic nitrogens is 4. The van der Waals surface area contributed by atoms with Gasteiger partial charge in [0.15, 0.2) is 0 Å². The van der Waals surface area contributed by atoms with Crippen molar-refractivity contribution in [2.24, 2.45) is 13.0 Å². The predicted molar refractivity (Wildman–Crippen MR) is 85.6 cm³/mol. The second-order valence-corrected chi connectivity index (χ2v) is 6.31. The molecule has 0 aliphatic carbocycles. The van der Waals surface area contributed by atoms with Gasteiger partial charge in [0, 0.05) is 25.4 Å². The SMILES string of the molecule is Cc1nn(Cc2c(Cl)c(C)nn2C)cc1CNCC(C)C. The van der Waals surface area contributed by atoms with Gasteiger partial charge in [-0.15, -0.1) is 0 Å². The minimum Gasteiger partial charge on any atom is -0.312 e. The van der Waals surface area contributed by atoms with Crippen LogP contribution in [0.3, 0.4) is 0 Å². The van der Waals surface area contributed by atoms with Crippen molar-refractivity contribution in [1.29, 1.82) is 0 Å². The molecule has 0 saturated heterocycles. The third kappa shape index (κ3) is 3.86. The lowest BCUT2D eigenvalue weighted by atomic mass is 10.2. The van der Waals surface area contributed by atoms with Gasteiger partial charge in [0.25, 0.3) is 0 Å². The van der Waals surface area contributed by atoms with Gasteiger partial charge in [-0.2, -0.15) is 10.2 Å². The molecule has 2 heterocycles. The van der Waals surface area contributed by atoms with Crippen LogP contribution in [0.25, 0.3) is 0 Å². The third-order valence-corrected chi connectivity index (χ3v) is 3.98. The Kier molecular flexibility index (Phi) is 5.06. The highest BCUT2D eigenvalue weighted by atomic mass is 35.5. The van der Waals surface area contributed by atoms with Crippen molar-refractivity contribution in [2.45, 2.75) is 40.8 Å². The zero-order chi connectivity index (χ0) is 15.6. The quantitative estimate of drug-likeness (QED) is 0.892. The van der Waals surface area contributed by atoms with Crippen molar-refractivity contribution < 1.29 is 0 Å². The number of halogens is 1. The summed E-state index contributed by atoms with van der Waals surface area (Å²) >= 11 is 6.29. The first kappa shape index (κ1) is 16.0. The van der Waals surface area contributed by atoms with Crippen molar-refractivity contribution in [3.05, 3.63) is 33.9 Å². The van der Waals surface area contributed by atoms with Crippen LogP contribution in [0.4, 0.5) is 0 Å². The average Bonchev–Trinajstić information content (AvgIpc) is 2.85. The zero-order valence-electron chi connectivity index (χ0n) is 13.4. The Morgan fingerprint density at radius 2 is 1.95 bits per heavy atom. The van der Waals surface area contributed by atoms with Gasteiger partial charge in [-0.3, -0.25) is 9.36 Å². The molecule has 0 spiro atoms. The van der Waals surface area contributed by atoms with Gasteiger partial charge in [0.05, 0.1) is 28.6 Å². The van der Waals surface area contributed by atoms with Crippen LogP contribution < -0.4 is 5.32 Å². The maximum atomic E-state index is 6.29. The van der Waals surface area contributed by atoms with Crippen molar-refractivity contribution in [1.82, 2.24) is 24.9 Å². The second-order valence-electron chi connectivity index (χ2n) is 5.93. The molecular weight excluding hydrogens is 286 g/mol. The van der Waals surface area contributed by atoms with E-state index >= 15 is 0 Å². The summed E-state index contributed by atoms with van der Waals surface area (Å²) in [6, 6.07) is 0. The van der Waals surface area contributed by atoms with E-state index in [2.05, 4.69) is 35.6 Å². The van der Waals surface area contributed by atoms with E-state index in [-0.39, 0.29) is 0 Å². The lowest BCUT2D eigenvalue weighted by Crippen LogP contribution is -2.19. The summed E-state index contributed by atoms with van der Waals surface area (Å²) in [5, 5.41) is 13.1. The first-order valence-corrected chi connectivity index (χ1v) is 7.68. The summed E-state index contributed by atoms with van der Waals surface area (Å²) in [7, 11) is 1.91. The molecule has 6 heteroatoms. The van der Waals surface area contributed by atoms with Crippen LogP contribution >= 0.6 is 11.6 Å². The first-order valence-electron chi connectivity index (χ1n) is 7.30. The molecule has 2 rings (SSSR count). The van der Waals surface area contributed by atoms with Crippen LogP contribution in [0.1, 0.15) is 36.5 Å². The molecular formula is C15H24ClN5. The van der Waals surface area contributed by atoms with E-state index in [1.165, 1.54) is 5.56 Å². The Morgan fingerprint density at radius 3 is 2.52 bits per heavy atom. The number of aryl methyl sites for hydroxylation is 3. The van der Waals surface area contributed by atoms with E-state index in [0.717, 1.165) is 35.2 Å². The molecule has 0 aromatic carbocycles. The molecule has 0 amide bonds. The highest BCUT2D eigenvalue weighted by molar-refractivity contribution is 6.31. The molecule has 0 aliphatic heterocycles. The topological polar surface area (TPSA) is 47.7 Å². The lowest BCUT2D eigenvalue weighted by Gasteiger charge is -2.06. The van der Waals surface area contributed by atoms with E-state index in [0.29, 0.717) is 12.5 Å². The number of hydrogen-bond donors (Lipinski definition) is 1. The molecule has 21 heavy (non-hydrogen) atoms.